The number of nitrogens with two attached hydrogens (primary N) is 1. The van der Waals surface area contributed by atoms with Gasteiger partial charge >= 0.3 is 5.97 Å². The summed E-state index contributed by atoms with van der Waals surface area (Å²) in [4.78, 5) is 11.1. The Labute approximate surface area is 105 Å². The number of hydrogen-bond donors (Lipinski definition) is 2. The highest BCUT2D eigenvalue weighted by molar-refractivity contribution is 7.89. The third-order valence-electron chi connectivity index (χ3n) is 2.22. The summed E-state index contributed by atoms with van der Waals surface area (Å²) in [5.41, 5.74) is 5.27. The van der Waals surface area contributed by atoms with Crippen LogP contribution in [0.25, 0.3) is 0 Å². The van der Waals surface area contributed by atoms with Gasteiger partial charge in [-0.25, -0.2) is 17.9 Å². The third kappa shape index (κ3) is 3.31. The van der Waals surface area contributed by atoms with Gasteiger partial charge in [-0.05, 0) is 19.9 Å². The second kappa shape index (κ2) is 5.98. The first-order valence-corrected chi connectivity index (χ1v) is 6.79. The van der Waals surface area contributed by atoms with Gasteiger partial charge in [0.15, 0.2) is 0 Å². The Morgan fingerprint density at radius 1 is 1.56 bits per heavy atom. The highest BCUT2D eigenvalue weighted by atomic mass is 32.2. The molecule has 0 atom stereocenters. The van der Waals surface area contributed by atoms with E-state index in [9.17, 15) is 13.2 Å². The molecule has 1 aromatic rings. The molecule has 0 saturated heterocycles. The van der Waals surface area contributed by atoms with Gasteiger partial charge in [-0.1, -0.05) is 0 Å². The first-order chi connectivity index (χ1) is 8.42. The summed E-state index contributed by atoms with van der Waals surface area (Å²) in [5.74, 6) is -0.730. The Morgan fingerprint density at radius 2 is 2.22 bits per heavy atom. The number of methoxy groups -OCH3 is 1. The van der Waals surface area contributed by atoms with Crippen LogP contribution in [-0.4, -0.2) is 34.6 Å². The van der Waals surface area contributed by atoms with Crippen LogP contribution in [0.15, 0.2) is 15.4 Å². The average molecular weight is 276 g/mol. The molecule has 0 fully saturated rings. The Kier molecular flexibility index (Phi) is 4.88. The number of carbonyl (C=O) groups excluding carboxylic acids is 1. The lowest BCUT2D eigenvalue weighted by Crippen LogP contribution is -2.26. The van der Waals surface area contributed by atoms with Crippen LogP contribution in [0.1, 0.15) is 22.7 Å². The number of hydrogen-bond acceptors (Lipinski definition) is 6. The van der Waals surface area contributed by atoms with Crippen LogP contribution in [0, 0.1) is 6.92 Å². The van der Waals surface area contributed by atoms with Crippen LogP contribution in [-0.2, 0) is 14.8 Å². The minimum absolute atomic E-state index is 0.0695. The van der Waals surface area contributed by atoms with Crippen LogP contribution < -0.4 is 10.5 Å². The second-order valence-electron chi connectivity index (χ2n) is 3.56. The van der Waals surface area contributed by atoms with E-state index in [0.29, 0.717) is 13.0 Å². The van der Waals surface area contributed by atoms with Crippen molar-refractivity contribution in [1.82, 2.24) is 4.72 Å². The molecule has 0 aliphatic rings. The van der Waals surface area contributed by atoms with Crippen LogP contribution in [0.2, 0.25) is 0 Å². The number of nitrogens with one attached hydrogen (secondary N) is 1. The maximum atomic E-state index is 11.9. The minimum Gasteiger partial charge on any atom is -0.463 e. The lowest BCUT2D eigenvalue weighted by atomic mass is 10.4. The molecule has 0 unspecified atom stereocenters. The summed E-state index contributed by atoms with van der Waals surface area (Å²) >= 11 is 0. The molecule has 1 rings (SSSR count). The summed E-state index contributed by atoms with van der Waals surface area (Å²) in [5, 5.41) is 0. The third-order valence-corrected chi connectivity index (χ3v) is 3.79. The van der Waals surface area contributed by atoms with Gasteiger partial charge in [0.25, 0.3) is 0 Å². The van der Waals surface area contributed by atoms with E-state index in [1.54, 1.807) is 0 Å². The molecule has 102 valence electrons. The van der Waals surface area contributed by atoms with Crippen molar-refractivity contribution in [2.45, 2.75) is 18.2 Å². The molecule has 0 bridgehead atoms. The molecular weight excluding hydrogens is 260 g/mol. The van der Waals surface area contributed by atoms with Crippen molar-refractivity contribution in [2.24, 2.45) is 5.73 Å². The van der Waals surface area contributed by atoms with Crippen LogP contribution in [0.3, 0.4) is 0 Å². The Morgan fingerprint density at radius 3 is 2.78 bits per heavy atom. The molecule has 8 heteroatoms. The van der Waals surface area contributed by atoms with Crippen molar-refractivity contribution in [3.63, 3.8) is 0 Å². The Bertz CT molecular complexity index is 520. The molecule has 18 heavy (non-hydrogen) atoms. The van der Waals surface area contributed by atoms with Crippen LogP contribution in [0.5, 0.6) is 0 Å². The monoisotopic (exact) mass is 276 g/mol. The Hall–Kier alpha value is -1.38. The van der Waals surface area contributed by atoms with E-state index >= 15 is 0 Å². The molecule has 0 aliphatic heterocycles. The summed E-state index contributed by atoms with van der Waals surface area (Å²) in [7, 11) is -2.50. The van der Waals surface area contributed by atoms with Gasteiger partial charge in [0, 0.05) is 12.6 Å². The minimum atomic E-state index is -3.69. The van der Waals surface area contributed by atoms with Crippen molar-refractivity contribution < 1.29 is 22.4 Å². The highest BCUT2D eigenvalue weighted by Gasteiger charge is 2.23. The predicted molar refractivity (Wildman–Crippen MR) is 63.6 cm³/mol. The van der Waals surface area contributed by atoms with Gasteiger partial charge in [0.1, 0.15) is 10.7 Å². The number of aryl methyl sites for hydroxylation is 1. The SMILES string of the molecule is COC(=O)c1cc(S(=O)(=O)NCCCN)c(C)o1. The summed E-state index contributed by atoms with van der Waals surface area (Å²) in [6.45, 7) is 2.08. The lowest BCUT2D eigenvalue weighted by molar-refractivity contribution is 0.0563. The first kappa shape index (κ1) is 14.7. The fourth-order valence-corrected chi connectivity index (χ4v) is 2.57. The molecule has 0 saturated carbocycles. The van der Waals surface area contributed by atoms with Gasteiger partial charge < -0.3 is 14.9 Å². The topological polar surface area (TPSA) is 112 Å². The van der Waals surface area contributed by atoms with Gasteiger partial charge in [0.05, 0.1) is 7.11 Å². The molecule has 1 aromatic heterocycles. The van der Waals surface area contributed by atoms with Crippen molar-refractivity contribution in [2.75, 3.05) is 20.2 Å². The smallest absolute Gasteiger partial charge is 0.373 e. The molecule has 0 amide bonds. The zero-order chi connectivity index (χ0) is 13.8. The van der Waals surface area contributed by atoms with Crippen molar-refractivity contribution in [1.29, 1.82) is 0 Å². The van der Waals surface area contributed by atoms with Gasteiger partial charge in [0.2, 0.25) is 15.8 Å². The quantitative estimate of drug-likeness (QED) is 0.559. The average Bonchev–Trinajstić information content (AvgIpc) is 2.71. The largest absolute Gasteiger partial charge is 0.463 e. The van der Waals surface area contributed by atoms with Crippen molar-refractivity contribution >= 4 is 16.0 Å². The van der Waals surface area contributed by atoms with Gasteiger partial charge in [-0.3, -0.25) is 0 Å². The summed E-state index contributed by atoms with van der Waals surface area (Å²) in [6.07, 6.45) is 0.528. The fourth-order valence-electron chi connectivity index (χ4n) is 1.32. The molecule has 0 spiro atoms. The molecular formula is C10H16N2O5S. The lowest BCUT2D eigenvalue weighted by Gasteiger charge is -2.03. The second-order valence-corrected chi connectivity index (χ2v) is 5.30. The number of ether oxygens (including phenoxy) is 1. The van der Waals surface area contributed by atoms with E-state index in [-0.39, 0.29) is 23.0 Å². The maximum absolute atomic E-state index is 11.9. The van der Waals surface area contributed by atoms with E-state index < -0.39 is 16.0 Å². The van der Waals surface area contributed by atoms with Crippen LogP contribution >= 0.6 is 0 Å². The zero-order valence-electron chi connectivity index (χ0n) is 10.2. The number of carbonyl (C=O) groups is 1. The number of sulfonamides is 1. The molecule has 0 aliphatic carbocycles. The van der Waals surface area contributed by atoms with E-state index in [2.05, 4.69) is 9.46 Å². The number of furan rings is 1. The molecule has 1 heterocycles. The van der Waals surface area contributed by atoms with Gasteiger partial charge in [-0.2, -0.15) is 0 Å². The highest BCUT2D eigenvalue weighted by Crippen LogP contribution is 2.20. The van der Waals surface area contributed by atoms with E-state index in [1.165, 1.54) is 14.0 Å². The molecule has 0 aromatic carbocycles. The Balaban J connectivity index is 2.95. The summed E-state index contributed by atoms with van der Waals surface area (Å²) < 4.78 is 35.6. The van der Waals surface area contributed by atoms with Crippen LogP contribution in [0.4, 0.5) is 0 Å². The molecule has 7 nitrogen and oxygen atoms in total. The van der Waals surface area contributed by atoms with E-state index in [0.717, 1.165) is 6.07 Å². The molecule has 3 N–H and O–H groups in total. The van der Waals surface area contributed by atoms with Gasteiger partial charge in [-0.15, -0.1) is 0 Å². The maximum Gasteiger partial charge on any atom is 0.373 e. The molecule has 0 radical (unpaired) electrons. The van der Waals surface area contributed by atoms with E-state index in [1.807, 2.05) is 0 Å². The first-order valence-electron chi connectivity index (χ1n) is 5.31. The van der Waals surface area contributed by atoms with Crippen molar-refractivity contribution in [3.8, 4) is 0 Å². The zero-order valence-corrected chi connectivity index (χ0v) is 11.0. The van der Waals surface area contributed by atoms with Crippen molar-refractivity contribution in [3.05, 3.63) is 17.6 Å². The standard InChI is InChI=1S/C10H16N2O5S/c1-7-9(6-8(17-7)10(13)16-2)18(14,15)12-5-3-4-11/h6,12H,3-5,11H2,1-2H3. The number of rotatable bonds is 6. The predicted octanol–water partition coefficient (Wildman–Crippen LogP) is 0.00172. The normalized spacial score (nSPS) is 11.5. The summed E-state index contributed by atoms with van der Waals surface area (Å²) in [6, 6.07) is 1.14. The number of esters is 1. The fraction of sp³-hybridized carbons (Fsp3) is 0.500. The van der Waals surface area contributed by atoms with E-state index in [4.69, 9.17) is 10.2 Å².